The number of hydrogen-bond donors (Lipinski definition) is 0. The second-order valence-corrected chi connectivity index (χ2v) is 9.50. The fourth-order valence-electron chi connectivity index (χ4n) is 3.33. The van der Waals surface area contributed by atoms with Gasteiger partial charge in [0.15, 0.2) is 9.84 Å². The third-order valence-electron chi connectivity index (χ3n) is 4.78. The van der Waals surface area contributed by atoms with Gasteiger partial charge < -0.3 is 4.90 Å². The molecule has 2 aromatic carbocycles. The van der Waals surface area contributed by atoms with Crippen LogP contribution in [0, 0.1) is 6.92 Å². The number of nitrogens with zero attached hydrogens (tertiary/aromatic N) is 2. The number of carbonyl (C=O) groups is 1. The summed E-state index contributed by atoms with van der Waals surface area (Å²) < 4.78 is 51.6. The Morgan fingerprint density at radius 2 is 1.71 bits per heavy atom. The molecule has 148 valence electrons. The molecule has 1 aliphatic heterocycles. The van der Waals surface area contributed by atoms with Crippen molar-refractivity contribution >= 4 is 31.9 Å². The van der Waals surface area contributed by atoms with Crippen LogP contribution in [0.25, 0.3) is 0 Å². The molecule has 2 aromatic rings. The van der Waals surface area contributed by atoms with Gasteiger partial charge >= 0.3 is 10.5 Å². The predicted octanol–water partition coefficient (Wildman–Crippen LogP) is 2.77. The van der Waals surface area contributed by atoms with Crippen LogP contribution in [0.4, 0.5) is 5.69 Å². The molecule has 9 heteroatoms. The van der Waals surface area contributed by atoms with Crippen LogP contribution in [0.3, 0.4) is 0 Å². The first-order valence-electron chi connectivity index (χ1n) is 8.79. The Bertz CT molecular complexity index is 1110. The number of benzene rings is 2. The fraction of sp³-hybridized carbons (Fsp3) is 0.316. The maximum atomic E-state index is 13.1. The molecule has 0 saturated carbocycles. The lowest BCUT2D eigenvalue weighted by molar-refractivity contribution is 0.0725. The standard InChI is InChI=1S/C19H20N2O5S2/c1-14-7-8-18(17(13-14)20-27(23)24)28(25,26)16-9-11-21(12-10-16)19(22)15-5-3-2-4-6-15/h2-8,13,16H,9-12H2,1H3. The van der Waals surface area contributed by atoms with Crippen LogP contribution in [0.1, 0.15) is 28.8 Å². The first-order chi connectivity index (χ1) is 13.3. The van der Waals surface area contributed by atoms with E-state index in [9.17, 15) is 21.6 Å². The molecular formula is C19H20N2O5S2. The van der Waals surface area contributed by atoms with E-state index >= 15 is 0 Å². The molecule has 0 spiro atoms. The van der Waals surface area contributed by atoms with Crippen molar-refractivity contribution in [3.63, 3.8) is 0 Å². The first kappa shape index (κ1) is 20.2. The number of sulfone groups is 1. The maximum Gasteiger partial charge on any atom is 0.316 e. The van der Waals surface area contributed by atoms with E-state index in [1.807, 2.05) is 6.07 Å². The monoisotopic (exact) mass is 420 g/mol. The number of likely N-dealkylation sites (tertiary alicyclic amines) is 1. The van der Waals surface area contributed by atoms with Gasteiger partial charge in [0.05, 0.1) is 10.1 Å². The summed E-state index contributed by atoms with van der Waals surface area (Å²) >= 11 is 0. The molecule has 1 heterocycles. The number of piperidine rings is 1. The van der Waals surface area contributed by atoms with Crippen LogP contribution in [-0.2, 0) is 20.3 Å². The zero-order valence-electron chi connectivity index (χ0n) is 15.3. The summed E-state index contributed by atoms with van der Waals surface area (Å²) in [7, 11) is -6.52. The maximum absolute atomic E-state index is 13.1. The van der Waals surface area contributed by atoms with E-state index in [-0.39, 0.29) is 29.3 Å². The summed E-state index contributed by atoms with van der Waals surface area (Å²) in [6, 6.07) is 13.3. The van der Waals surface area contributed by atoms with Gasteiger partial charge in [0.2, 0.25) is 0 Å². The van der Waals surface area contributed by atoms with Crippen molar-refractivity contribution in [3.05, 3.63) is 59.7 Å². The minimum atomic E-state index is -3.77. The molecule has 1 saturated heterocycles. The first-order valence-corrected chi connectivity index (χ1v) is 11.4. The van der Waals surface area contributed by atoms with E-state index in [0.29, 0.717) is 24.2 Å². The lowest BCUT2D eigenvalue weighted by Gasteiger charge is -2.32. The van der Waals surface area contributed by atoms with Gasteiger partial charge in [-0.15, -0.1) is 4.36 Å². The molecule has 0 bridgehead atoms. The zero-order chi connectivity index (χ0) is 20.3. The van der Waals surface area contributed by atoms with Crippen molar-refractivity contribution in [1.82, 2.24) is 4.90 Å². The van der Waals surface area contributed by atoms with E-state index in [0.717, 1.165) is 0 Å². The van der Waals surface area contributed by atoms with Crippen molar-refractivity contribution in [1.29, 1.82) is 0 Å². The van der Waals surface area contributed by atoms with Gasteiger partial charge in [0.1, 0.15) is 5.69 Å². The van der Waals surface area contributed by atoms with Crippen LogP contribution in [0.15, 0.2) is 57.8 Å². The van der Waals surface area contributed by atoms with Crippen molar-refractivity contribution in [2.24, 2.45) is 4.36 Å². The molecule has 3 rings (SSSR count). The fourth-order valence-corrected chi connectivity index (χ4v) is 5.55. The molecule has 28 heavy (non-hydrogen) atoms. The predicted molar refractivity (Wildman–Crippen MR) is 105 cm³/mol. The van der Waals surface area contributed by atoms with Crippen LogP contribution < -0.4 is 0 Å². The van der Waals surface area contributed by atoms with Crippen LogP contribution in [-0.4, -0.2) is 46.0 Å². The van der Waals surface area contributed by atoms with Gasteiger partial charge in [-0.05, 0) is 49.6 Å². The molecule has 0 atom stereocenters. The number of hydrogen-bond acceptors (Lipinski definition) is 6. The lowest BCUT2D eigenvalue weighted by Crippen LogP contribution is -2.42. The SMILES string of the molecule is Cc1ccc(S(=O)(=O)C2CCN(C(=O)c3ccccc3)CC2)c(N=S(=O)=O)c1. The average Bonchev–Trinajstić information content (AvgIpc) is 2.67. The lowest BCUT2D eigenvalue weighted by atomic mass is 10.1. The van der Waals surface area contributed by atoms with Crippen molar-refractivity contribution in [2.75, 3.05) is 13.1 Å². The van der Waals surface area contributed by atoms with Crippen molar-refractivity contribution in [3.8, 4) is 0 Å². The van der Waals surface area contributed by atoms with Crippen LogP contribution >= 0.6 is 0 Å². The van der Waals surface area contributed by atoms with Crippen molar-refractivity contribution in [2.45, 2.75) is 29.9 Å². The Balaban J connectivity index is 1.81. The van der Waals surface area contributed by atoms with Crippen LogP contribution in [0.2, 0.25) is 0 Å². The highest BCUT2D eigenvalue weighted by Gasteiger charge is 2.34. The number of aryl methyl sites for hydroxylation is 1. The van der Waals surface area contributed by atoms with Gasteiger partial charge in [-0.3, -0.25) is 4.79 Å². The molecule has 7 nitrogen and oxygen atoms in total. The van der Waals surface area contributed by atoms with Gasteiger partial charge in [-0.25, -0.2) is 8.42 Å². The Hall–Kier alpha value is -2.52. The highest BCUT2D eigenvalue weighted by atomic mass is 32.2. The summed E-state index contributed by atoms with van der Waals surface area (Å²) in [5.41, 5.74) is 1.21. The second kappa shape index (κ2) is 8.24. The number of amides is 1. The van der Waals surface area contributed by atoms with E-state index in [2.05, 4.69) is 4.36 Å². The van der Waals surface area contributed by atoms with Gasteiger partial charge in [-0.2, -0.15) is 8.42 Å². The van der Waals surface area contributed by atoms with Gasteiger partial charge in [-0.1, -0.05) is 24.3 Å². The molecule has 0 aromatic heterocycles. The minimum absolute atomic E-state index is 0.0730. The van der Waals surface area contributed by atoms with E-state index in [1.165, 1.54) is 12.1 Å². The molecule has 0 N–H and O–H groups in total. The van der Waals surface area contributed by atoms with Crippen LogP contribution in [0.5, 0.6) is 0 Å². The van der Waals surface area contributed by atoms with Gasteiger partial charge in [0.25, 0.3) is 5.91 Å². The molecular weight excluding hydrogens is 400 g/mol. The summed E-state index contributed by atoms with van der Waals surface area (Å²) in [5.74, 6) is -0.121. The second-order valence-electron chi connectivity index (χ2n) is 6.68. The molecule has 0 unspecified atom stereocenters. The topological polar surface area (TPSA) is 101 Å². The third kappa shape index (κ3) is 4.31. The zero-order valence-corrected chi connectivity index (χ0v) is 16.9. The Kier molecular flexibility index (Phi) is 5.95. The minimum Gasteiger partial charge on any atom is -0.339 e. The normalized spacial score (nSPS) is 15.2. The molecule has 0 aliphatic carbocycles. The largest absolute Gasteiger partial charge is 0.339 e. The molecule has 1 fully saturated rings. The summed E-state index contributed by atoms with van der Waals surface area (Å²) in [5, 5.41) is -0.691. The van der Waals surface area contributed by atoms with E-state index < -0.39 is 25.6 Å². The third-order valence-corrected chi connectivity index (χ3v) is 7.44. The Morgan fingerprint density at radius 3 is 2.32 bits per heavy atom. The molecule has 1 amide bonds. The van der Waals surface area contributed by atoms with Gasteiger partial charge in [0, 0.05) is 18.7 Å². The highest BCUT2D eigenvalue weighted by Crippen LogP contribution is 2.32. The molecule has 0 radical (unpaired) electrons. The summed E-state index contributed by atoms with van der Waals surface area (Å²) in [6.07, 6.45) is 0.573. The quantitative estimate of drug-likeness (QED) is 0.757. The molecule has 1 aliphatic rings. The van der Waals surface area contributed by atoms with E-state index in [4.69, 9.17) is 0 Å². The van der Waals surface area contributed by atoms with Crippen molar-refractivity contribution < 1.29 is 21.6 Å². The summed E-state index contributed by atoms with van der Waals surface area (Å²) in [4.78, 5) is 14.1. The highest BCUT2D eigenvalue weighted by molar-refractivity contribution is 7.92. The summed E-state index contributed by atoms with van der Waals surface area (Å²) in [6.45, 7) is 2.38. The Labute approximate surface area is 165 Å². The smallest absolute Gasteiger partial charge is 0.316 e. The number of rotatable bonds is 4. The Morgan fingerprint density at radius 1 is 1.07 bits per heavy atom. The average molecular weight is 421 g/mol. The van der Waals surface area contributed by atoms with E-state index in [1.54, 1.807) is 42.2 Å². The number of carbonyl (C=O) groups excluding carboxylic acids is 1.